The van der Waals surface area contributed by atoms with Crippen LogP contribution in [0.1, 0.15) is 43.5 Å². The summed E-state index contributed by atoms with van der Waals surface area (Å²) in [7, 11) is 0. The van der Waals surface area contributed by atoms with Crippen molar-refractivity contribution < 1.29 is 9.53 Å². The molecule has 4 rings (SSSR count). The lowest BCUT2D eigenvalue weighted by atomic mass is 10.1. The summed E-state index contributed by atoms with van der Waals surface area (Å²) in [5.41, 5.74) is 3.21. The number of amides is 1. The van der Waals surface area contributed by atoms with E-state index in [4.69, 9.17) is 9.72 Å². The number of nitrogens with zero attached hydrogens (tertiary/aromatic N) is 3. The Hall–Kier alpha value is -3.08. The van der Waals surface area contributed by atoms with Crippen LogP contribution in [0.15, 0.2) is 61.2 Å². The summed E-state index contributed by atoms with van der Waals surface area (Å²) in [5, 5.41) is 0. The molecule has 1 amide bonds. The maximum absolute atomic E-state index is 12.5. The summed E-state index contributed by atoms with van der Waals surface area (Å²) in [6.07, 6.45) is 5.36. The molecule has 1 aliphatic rings. The lowest BCUT2D eigenvalue weighted by molar-refractivity contribution is -0.127. The molecule has 5 heteroatoms. The molecule has 1 atom stereocenters. The third-order valence-corrected chi connectivity index (χ3v) is 5.95. The third kappa shape index (κ3) is 4.66. The van der Waals surface area contributed by atoms with Gasteiger partial charge in [0.15, 0.2) is 0 Å². The van der Waals surface area contributed by atoms with E-state index < -0.39 is 0 Å². The normalized spacial score (nSPS) is 16.2. The van der Waals surface area contributed by atoms with Crippen molar-refractivity contribution in [1.29, 1.82) is 0 Å². The number of hydrogen-bond donors (Lipinski definition) is 0. The molecule has 0 aliphatic carbocycles. The molecule has 0 spiro atoms. The molecule has 2 aromatic carbocycles. The van der Waals surface area contributed by atoms with Gasteiger partial charge in [0.25, 0.3) is 0 Å². The second kappa shape index (κ2) is 9.82. The monoisotopic (exact) mass is 417 g/mol. The summed E-state index contributed by atoms with van der Waals surface area (Å²) in [5.74, 6) is 2.27. The minimum absolute atomic E-state index is 0.129. The summed E-state index contributed by atoms with van der Waals surface area (Å²) < 4.78 is 8.39. The Labute approximate surface area is 184 Å². The average Bonchev–Trinajstić information content (AvgIpc) is 3.34. The lowest BCUT2D eigenvalue weighted by Gasteiger charge is -2.17. The zero-order valence-electron chi connectivity index (χ0n) is 18.3. The van der Waals surface area contributed by atoms with Crippen LogP contribution in [0.4, 0.5) is 0 Å². The largest absolute Gasteiger partial charge is 0.491 e. The van der Waals surface area contributed by atoms with E-state index in [1.165, 1.54) is 0 Å². The Morgan fingerprint density at radius 2 is 1.97 bits per heavy atom. The van der Waals surface area contributed by atoms with Crippen molar-refractivity contribution in [3.05, 3.63) is 72.6 Å². The molecule has 2 heterocycles. The summed E-state index contributed by atoms with van der Waals surface area (Å²) in [4.78, 5) is 19.5. The van der Waals surface area contributed by atoms with Crippen LogP contribution in [0.3, 0.4) is 0 Å². The second-order valence-electron chi connectivity index (χ2n) is 8.15. The van der Waals surface area contributed by atoms with E-state index in [2.05, 4.69) is 30.2 Å². The molecule has 1 saturated heterocycles. The third-order valence-electron chi connectivity index (χ3n) is 5.95. The summed E-state index contributed by atoms with van der Waals surface area (Å²) >= 11 is 0. The number of benzene rings is 2. The Bertz CT molecular complexity index is 1060. The average molecular weight is 418 g/mol. The van der Waals surface area contributed by atoms with Crippen molar-refractivity contribution in [1.82, 2.24) is 14.5 Å². The van der Waals surface area contributed by atoms with E-state index in [0.717, 1.165) is 60.5 Å². The molecular formula is C26H31N3O2. The maximum Gasteiger partial charge on any atom is 0.223 e. The number of likely N-dealkylation sites (tertiary alicyclic amines) is 1. The molecule has 0 bridgehead atoms. The van der Waals surface area contributed by atoms with Gasteiger partial charge in [-0.05, 0) is 36.6 Å². The number of ether oxygens (including phenoxy) is 1. The van der Waals surface area contributed by atoms with Gasteiger partial charge in [-0.15, -0.1) is 6.58 Å². The topological polar surface area (TPSA) is 47.4 Å². The van der Waals surface area contributed by atoms with E-state index >= 15 is 0 Å². The number of aromatic nitrogens is 2. The van der Waals surface area contributed by atoms with Crippen LogP contribution < -0.4 is 4.74 Å². The van der Waals surface area contributed by atoms with Crippen molar-refractivity contribution in [2.75, 3.05) is 19.7 Å². The van der Waals surface area contributed by atoms with E-state index in [9.17, 15) is 4.79 Å². The van der Waals surface area contributed by atoms with Gasteiger partial charge in [-0.3, -0.25) is 4.79 Å². The van der Waals surface area contributed by atoms with E-state index in [0.29, 0.717) is 19.6 Å². The van der Waals surface area contributed by atoms with Crippen molar-refractivity contribution in [2.24, 2.45) is 0 Å². The standard InChI is InChI=1S/C26H31N3O2/c1-3-5-15-28-19-21(18-25(28)30)26-27-22-12-7-8-13-23(22)29(26)16-17-31-24-14-9-6-11-20(24)10-4-2/h4,6-9,11-14,21H,2-3,5,10,15-19H2,1H3. The minimum Gasteiger partial charge on any atom is -0.491 e. The first-order valence-electron chi connectivity index (χ1n) is 11.3. The quantitative estimate of drug-likeness (QED) is 0.438. The second-order valence-corrected chi connectivity index (χ2v) is 8.15. The van der Waals surface area contributed by atoms with Crippen molar-refractivity contribution in [2.45, 2.75) is 45.1 Å². The fourth-order valence-corrected chi connectivity index (χ4v) is 4.37. The number of carbonyl (C=O) groups is 1. The van der Waals surface area contributed by atoms with Gasteiger partial charge in [0, 0.05) is 25.4 Å². The molecule has 0 radical (unpaired) electrons. The van der Waals surface area contributed by atoms with Gasteiger partial charge in [-0.2, -0.15) is 0 Å². The first-order valence-corrected chi connectivity index (χ1v) is 11.3. The SMILES string of the molecule is C=CCc1ccccc1OCCn1c(C2CC(=O)N(CCCC)C2)nc2ccccc21. The summed E-state index contributed by atoms with van der Waals surface area (Å²) in [6.45, 7) is 8.83. The summed E-state index contributed by atoms with van der Waals surface area (Å²) in [6, 6.07) is 16.3. The fourth-order valence-electron chi connectivity index (χ4n) is 4.37. The molecular weight excluding hydrogens is 386 g/mol. The van der Waals surface area contributed by atoms with Gasteiger partial charge in [0.05, 0.1) is 17.6 Å². The highest BCUT2D eigenvalue weighted by Gasteiger charge is 2.33. The van der Waals surface area contributed by atoms with Gasteiger partial charge in [0.1, 0.15) is 18.2 Å². The van der Waals surface area contributed by atoms with Crippen LogP contribution in [-0.4, -0.2) is 40.1 Å². The van der Waals surface area contributed by atoms with E-state index in [1.54, 1.807) is 0 Å². The minimum atomic E-state index is 0.129. The van der Waals surface area contributed by atoms with E-state index in [1.807, 2.05) is 47.4 Å². The highest BCUT2D eigenvalue weighted by Crippen LogP contribution is 2.30. The Morgan fingerprint density at radius 1 is 1.16 bits per heavy atom. The molecule has 0 N–H and O–H groups in total. The van der Waals surface area contributed by atoms with Crippen LogP contribution in [0, 0.1) is 0 Å². The molecule has 31 heavy (non-hydrogen) atoms. The fraction of sp³-hybridized carbons (Fsp3) is 0.385. The molecule has 162 valence electrons. The van der Waals surface area contributed by atoms with Crippen LogP contribution in [0.5, 0.6) is 5.75 Å². The first-order chi connectivity index (χ1) is 15.2. The van der Waals surface area contributed by atoms with Crippen molar-refractivity contribution in [3.63, 3.8) is 0 Å². The number of hydrogen-bond acceptors (Lipinski definition) is 3. The molecule has 1 unspecified atom stereocenters. The first kappa shape index (κ1) is 21.2. The van der Waals surface area contributed by atoms with Gasteiger partial charge in [0.2, 0.25) is 5.91 Å². The van der Waals surface area contributed by atoms with Crippen molar-refractivity contribution in [3.8, 4) is 5.75 Å². The van der Waals surface area contributed by atoms with Gasteiger partial charge < -0.3 is 14.2 Å². The van der Waals surface area contributed by atoms with Crippen LogP contribution in [0.25, 0.3) is 11.0 Å². The van der Waals surface area contributed by atoms with Gasteiger partial charge in [-0.25, -0.2) is 4.98 Å². The van der Waals surface area contributed by atoms with Crippen LogP contribution in [0.2, 0.25) is 0 Å². The number of unbranched alkanes of at least 4 members (excludes halogenated alkanes) is 1. The number of allylic oxidation sites excluding steroid dienone is 1. The molecule has 5 nitrogen and oxygen atoms in total. The molecule has 0 saturated carbocycles. The number of para-hydroxylation sites is 3. The predicted octanol–water partition coefficient (Wildman–Crippen LogP) is 4.96. The Balaban J connectivity index is 1.54. The van der Waals surface area contributed by atoms with Crippen LogP contribution in [-0.2, 0) is 17.8 Å². The van der Waals surface area contributed by atoms with Crippen molar-refractivity contribution >= 4 is 16.9 Å². The number of rotatable bonds is 10. The van der Waals surface area contributed by atoms with Crippen LogP contribution >= 0.6 is 0 Å². The lowest BCUT2D eigenvalue weighted by Crippen LogP contribution is -2.26. The van der Waals surface area contributed by atoms with E-state index in [-0.39, 0.29) is 11.8 Å². The predicted molar refractivity (Wildman–Crippen MR) is 124 cm³/mol. The van der Waals surface area contributed by atoms with Gasteiger partial charge in [-0.1, -0.05) is 49.8 Å². The zero-order valence-corrected chi connectivity index (χ0v) is 18.3. The maximum atomic E-state index is 12.5. The number of fused-ring (bicyclic) bond motifs is 1. The highest BCUT2D eigenvalue weighted by atomic mass is 16.5. The molecule has 3 aromatic rings. The highest BCUT2D eigenvalue weighted by molar-refractivity contribution is 5.80. The molecule has 1 aliphatic heterocycles. The molecule has 1 aromatic heterocycles. The molecule has 1 fully saturated rings. The van der Waals surface area contributed by atoms with Gasteiger partial charge >= 0.3 is 0 Å². The number of imidazole rings is 1. The zero-order chi connectivity index (χ0) is 21.6. The smallest absolute Gasteiger partial charge is 0.223 e. The number of carbonyl (C=O) groups excluding carboxylic acids is 1. The Kier molecular flexibility index (Phi) is 6.70. The Morgan fingerprint density at radius 3 is 2.81 bits per heavy atom.